The molecule has 0 aromatic heterocycles. The van der Waals surface area contributed by atoms with E-state index in [1.54, 1.807) is 0 Å². The topological polar surface area (TPSA) is 9.23 Å². The van der Waals surface area contributed by atoms with Crippen LogP contribution < -0.4 is 0 Å². The van der Waals surface area contributed by atoms with Crippen molar-refractivity contribution in [2.75, 3.05) is 0 Å². The fourth-order valence-electron chi connectivity index (χ4n) is 3.70. The van der Waals surface area contributed by atoms with E-state index in [4.69, 9.17) is 4.74 Å². The Morgan fingerprint density at radius 3 is 3.07 bits per heavy atom. The highest BCUT2D eigenvalue weighted by Gasteiger charge is 2.52. The van der Waals surface area contributed by atoms with Gasteiger partial charge in [-0.3, -0.25) is 0 Å². The van der Waals surface area contributed by atoms with Gasteiger partial charge in [0.2, 0.25) is 0 Å². The Hall–Kier alpha value is -0.630. The summed E-state index contributed by atoms with van der Waals surface area (Å²) in [5.74, 6) is 4.27. The predicted molar refractivity (Wildman–Crippen MR) is 62.0 cm³/mol. The van der Waals surface area contributed by atoms with Gasteiger partial charge >= 0.3 is 0 Å². The second kappa shape index (κ2) is 2.73. The summed E-state index contributed by atoms with van der Waals surface area (Å²) in [7, 11) is 0. The van der Waals surface area contributed by atoms with Crippen LogP contribution in [-0.4, -0.2) is 5.25 Å². The van der Waals surface area contributed by atoms with Crippen LogP contribution in [-0.2, 0) is 4.74 Å². The second-order valence-corrected chi connectivity index (χ2v) is 6.39. The van der Waals surface area contributed by atoms with Crippen molar-refractivity contribution >= 4 is 11.8 Å². The van der Waals surface area contributed by atoms with E-state index >= 15 is 0 Å². The van der Waals surface area contributed by atoms with Gasteiger partial charge in [0.25, 0.3) is 0 Å². The highest BCUT2D eigenvalue weighted by atomic mass is 32.2. The standard InChI is InChI=1S/C13H14OS/c1-7-12-10(4-5-14-12)11-8-2-3-9(6-8)13(11)15-7/h2-5,8-11,13H,6H2,1H3/t8?,9?,10?,11-,13-/m1/s1. The third kappa shape index (κ3) is 0.963. The van der Waals surface area contributed by atoms with Gasteiger partial charge in [-0.25, -0.2) is 0 Å². The van der Waals surface area contributed by atoms with E-state index in [1.165, 1.54) is 17.1 Å². The maximum Gasteiger partial charge on any atom is 0.120 e. The summed E-state index contributed by atoms with van der Waals surface area (Å²) in [4.78, 5) is 1.41. The molecule has 0 radical (unpaired) electrons. The quantitative estimate of drug-likeness (QED) is 0.577. The Labute approximate surface area is 94.3 Å². The highest BCUT2D eigenvalue weighted by molar-refractivity contribution is 8.03. The van der Waals surface area contributed by atoms with Crippen molar-refractivity contribution in [1.82, 2.24) is 0 Å². The first kappa shape index (κ1) is 8.51. The lowest BCUT2D eigenvalue weighted by Gasteiger charge is -2.36. The smallest absolute Gasteiger partial charge is 0.120 e. The average molecular weight is 218 g/mol. The number of thioether (sulfide) groups is 1. The van der Waals surface area contributed by atoms with E-state index in [0.29, 0.717) is 5.92 Å². The molecule has 2 aliphatic heterocycles. The number of hydrogen-bond donors (Lipinski definition) is 0. The van der Waals surface area contributed by atoms with E-state index < -0.39 is 0 Å². The molecule has 2 heteroatoms. The monoisotopic (exact) mass is 218 g/mol. The van der Waals surface area contributed by atoms with Gasteiger partial charge in [-0.1, -0.05) is 12.2 Å². The van der Waals surface area contributed by atoms with Crippen LogP contribution in [0.3, 0.4) is 0 Å². The zero-order valence-electron chi connectivity index (χ0n) is 8.72. The summed E-state index contributed by atoms with van der Waals surface area (Å²) >= 11 is 2.06. The van der Waals surface area contributed by atoms with Crippen LogP contribution in [0.2, 0.25) is 0 Å². The molecular formula is C13H14OS. The third-order valence-electron chi connectivity index (χ3n) is 4.30. The number of ether oxygens (including phenoxy) is 1. The van der Waals surface area contributed by atoms with Gasteiger partial charge in [0.15, 0.2) is 0 Å². The SMILES string of the molecule is CC1=C2OC=CC2[C@H]2C3C=CC(C3)[C@H]2S1. The van der Waals surface area contributed by atoms with Crippen LogP contribution in [0.5, 0.6) is 0 Å². The molecule has 2 heterocycles. The molecule has 15 heavy (non-hydrogen) atoms. The lowest BCUT2D eigenvalue weighted by molar-refractivity contribution is 0.279. The summed E-state index contributed by atoms with van der Waals surface area (Å²) in [6.07, 6.45) is 10.4. The molecule has 1 saturated carbocycles. The van der Waals surface area contributed by atoms with E-state index in [1.807, 2.05) is 6.26 Å². The van der Waals surface area contributed by atoms with Crippen LogP contribution in [0.15, 0.2) is 35.2 Å². The van der Waals surface area contributed by atoms with Crippen molar-refractivity contribution in [3.63, 3.8) is 0 Å². The molecule has 5 atom stereocenters. The minimum atomic E-state index is 0.580. The summed E-state index contributed by atoms with van der Waals surface area (Å²) in [6.45, 7) is 2.21. The van der Waals surface area contributed by atoms with E-state index in [0.717, 1.165) is 23.0 Å². The minimum absolute atomic E-state index is 0.580. The second-order valence-electron chi connectivity index (χ2n) is 5.00. The van der Waals surface area contributed by atoms with Gasteiger partial charge in [-0.15, -0.1) is 11.8 Å². The molecule has 78 valence electrons. The molecule has 4 rings (SSSR count). The molecule has 1 nitrogen and oxygen atoms in total. The molecule has 0 spiro atoms. The third-order valence-corrected chi connectivity index (χ3v) is 5.79. The summed E-state index contributed by atoms with van der Waals surface area (Å²) in [5, 5.41) is 0.820. The first-order chi connectivity index (χ1) is 7.34. The maximum atomic E-state index is 5.64. The highest BCUT2D eigenvalue weighted by Crippen LogP contribution is 2.59. The molecule has 0 aromatic rings. The molecule has 0 N–H and O–H groups in total. The molecule has 2 bridgehead atoms. The van der Waals surface area contributed by atoms with Crippen LogP contribution >= 0.6 is 11.8 Å². The van der Waals surface area contributed by atoms with Crippen LogP contribution in [0, 0.1) is 23.7 Å². The van der Waals surface area contributed by atoms with Gasteiger partial charge in [-0.2, -0.15) is 0 Å². The van der Waals surface area contributed by atoms with Crippen molar-refractivity contribution < 1.29 is 4.74 Å². The zero-order valence-corrected chi connectivity index (χ0v) is 9.54. The molecule has 0 aromatic carbocycles. The van der Waals surface area contributed by atoms with E-state index in [-0.39, 0.29) is 0 Å². The molecule has 0 saturated heterocycles. The lowest BCUT2D eigenvalue weighted by Crippen LogP contribution is -2.32. The van der Waals surface area contributed by atoms with E-state index in [2.05, 4.69) is 36.9 Å². The van der Waals surface area contributed by atoms with Gasteiger partial charge in [0.1, 0.15) is 5.76 Å². The number of fused-ring (bicyclic) bond motifs is 7. The van der Waals surface area contributed by atoms with Crippen molar-refractivity contribution in [3.8, 4) is 0 Å². The zero-order chi connectivity index (χ0) is 9.99. The molecule has 4 aliphatic rings. The van der Waals surface area contributed by atoms with Crippen molar-refractivity contribution in [1.29, 1.82) is 0 Å². The van der Waals surface area contributed by atoms with Crippen LogP contribution in [0.25, 0.3) is 0 Å². The Kier molecular flexibility index (Phi) is 1.55. The predicted octanol–water partition coefficient (Wildman–Crippen LogP) is 3.32. The molecule has 0 amide bonds. The van der Waals surface area contributed by atoms with Crippen molar-refractivity contribution in [3.05, 3.63) is 35.2 Å². The fraction of sp³-hybridized carbons (Fsp3) is 0.538. The van der Waals surface area contributed by atoms with Gasteiger partial charge in [0.05, 0.1) is 6.26 Å². The fourth-order valence-corrected chi connectivity index (χ4v) is 5.31. The van der Waals surface area contributed by atoms with Gasteiger partial charge in [0, 0.05) is 16.1 Å². The van der Waals surface area contributed by atoms with Gasteiger partial charge < -0.3 is 4.74 Å². The minimum Gasteiger partial charge on any atom is -0.468 e. The Balaban J connectivity index is 1.81. The first-order valence-electron chi connectivity index (χ1n) is 5.73. The summed E-state index contributed by atoms with van der Waals surface area (Å²) < 4.78 is 5.64. The molecule has 3 unspecified atom stereocenters. The normalized spacial score (nSPS) is 49.5. The Morgan fingerprint density at radius 2 is 2.13 bits per heavy atom. The van der Waals surface area contributed by atoms with Gasteiger partial charge in [-0.05, 0) is 37.2 Å². The molecule has 2 aliphatic carbocycles. The lowest BCUT2D eigenvalue weighted by atomic mass is 9.80. The van der Waals surface area contributed by atoms with Crippen LogP contribution in [0.1, 0.15) is 13.3 Å². The first-order valence-corrected chi connectivity index (χ1v) is 6.61. The largest absolute Gasteiger partial charge is 0.468 e. The Morgan fingerprint density at radius 1 is 1.27 bits per heavy atom. The molecular weight excluding hydrogens is 204 g/mol. The summed E-state index contributed by atoms with van der Waals surface area (Å²) in [5.41, 5.74) is 0. The van der Waals surface area contributed by atoms with Crippen molar-refractivity contribution in [2.24, 2.45) is 23.7 Å². The molecule has 1 fully saturated rings. The Bertz CT molecular complexity index is 407. The van der Waals surface area contributed by atoms with Crippen LogP contribution in [0.4, 0.5) is 0 Å². The number of hydrogen-bond acceptors (Lipinski definition) is 2. The number of allylic oxidation sites excluding steroid dienone is 4. The average Bonchev–Trinajstić information content (AvgIpc) is 2.91. The van der Waals surface area contributed by atoms with E-state index in [9.17, 15) is 0 Å². The summed E-state index contributed by atoms with van der Waals surface area (Å²) in [6, 6.07) is 0. The maximum absolute atomic E-state index is 5.64. The van der Waals surface area contributed by atoms with Crippen molar-refractivity contribution in [2.45, 2.75) is 18.6 Å². The number of rotatable bonds is 0.